The second kappa shape index (κ2) is 10.8. The Labute approximate surface area is 222 Å². The number of likely N-dealkylation sites (tertiary alicyclic amines) is 1. The van der Waals surface area contributed by atoms with Gasteiger partial charge >= 0.3 is 6.18 Å². The van der Waals surface area contributed by atoms with Crippen LogP contribution in [-0.2, 0) is 17.4 Å². The van der Waals surface area contributed by atoms with Gasteiger partial charge in [-0.2, -0.15) is 18.3 Å². The molecule has 0 atom stereocenters. The van der Waals surface area contributed by atoms with E-state index in [1.807, 2.05) is 24.3 Å². The molecule has 5 rings (SSSR count). The maximum absolute atomic E-state index is 13.4. The number of nitrogens with one attached hydrogen (secondary N) is 2. The van der Waals surface area contributed by atoms with Crippen LogP contribution in [0.5, 0.6) is 0 Å². The fourth-order valence-electron chi connectivity index (χ4n) is 4.81. The number of hydrogen-bond acceptors (Lipinski definition) is 5. The van der Waals surface area contributed by atoms with Crippen LogP contribution in [-0.4, -0.2) is 45.2 Å². The SMILES string of the molecule is Cc1cc(CC(=O)Nc2ccc(C3CCN(C(=O)c4cc(-c5ccccc5C(F)(F)F)n[nH]4)CC3)cc2)on1. The second-order valence-electron chi connectivity index (χ2n) is 9.56. The van der Waals surface area contributed by atoms with Gasteiger partial charge in [-0.25, -0.2) is 0 Å². The number of carbonyl (C=O) groups excluding carboxylic acids is 2. The molecule has 39 heavy (non-hydrogen) atoms. The number of aromatic nitrogens is 3. The van der Waals surface area contributed by atoms with Crippen molar-refractivity contribution in [2.75, 3.05) is 18.4 Å². The van der Waals surface area contributed by atoms with E-state index in [4.69, 9.17) is 4.52 Å². The number of nitrogens with zero attached hydrogens (tertiary/aromatic N) is 3. The first-order valence-corrected chi connectivity index (χ1v) is 12.5. The zero-order valence-corrected chi connectivity index (χ0v) is 21.1. The summed E-state index contributed by atoms with van der Waals surface area (Å²) in [5, 5.41) is 13.2. The van der Waals surface area contributed by atoms with Gasteiger partial charge in [0.25, 0.3) is 5.91 Å². The number of aromatic amines is 1. The van der Waals surface area contributed by atoms with E-state index in [1.54, 1.807) is 17.9 Å². The largest absolute Gasteiger partial charge is 0.417 e. The lowest BCUT2D eigenvalue weighted by Crippen LogP contribution is -2.38. The number of rotatable bonds is 6. The minimum absolute atomic E-state index is 0.0734. The number of benzene rings is 2. The van der Waals surface area contributed by atoms with E-state index in [0.29, 0.717) is 24.5 Å². The molecule has 0 bridgehead atoms. The predicted octanol–water partition coefficient (Wildman–Crippen LogP) is 5.59. The molecule has 1 fully saturated rings. The van der Waals surface area contributed by atoms with Crippen molar-refractivity contribution in [2.45, 2.75) is 38.3 Å². The van der Waals surface area contributed by atoms with Crippen molar-refractivity contribution in [1.29, 1.82) is 0 Å². The van der Waals surface area contributed by atoms with Gasteiger partial charge in [-0.1, -0.05) is 35.5 Å². The Hall–Kier alpha value is -4.41. The number of aryl methyl sites for hydroxylation is 1. The number of hydrogen-bond donors (Lipinski definition) is 2. The molecule has 2 aromatic heterocycles. The van der Waals surface area contributed by atoms with E-state index >= 15 is 0 Å². The van der Waals surface area contributed by atoms with Gasteiger partial charge in [0.15, 0.2) is 0 Å². The first-order chi connectivity index (χ1) is 18.7. The molecule has 0 aliphatic carbocycles. The Bertz CT molecular complexity index is 1470. The van der Waals surface area contributed by atoms with Crippen molar-refractivity contribution in [1.82, 2.24) is 20.3 Å². The summed E-state index contributed by atoms with van der Waals surface area (Å²) in [6.45, 7) is 2.80. The van der Waals surface area contributed by atoms with Gasteiger partial charge in [0.1, 0.15) is 11.5 Å². The molecule has 0 unspecified atom stereocenters. The number of amides is 2. The van der Waals surface area contributed by atoms with Crippen LogP contribution in [0.1, 0.15) is 51.8 Å². The molecule has 2 aromatic carbocycles. The van der Waals surface area contributed by atoms with Crippen LogP contribution in [0.15, 0.2) is 65.2 Å². The van der Waals surface area contributed by atoms with Crippen LogP contribution >= 0.6 is 0 Å². The molecule has 8 nitrogen and oxygen atoms in total. The lowest BCUT2D eigenvalue weighted by molar-refractivity contribution is -0.137. The Kier molecular flexibility index (Phi) is 7.23. The summed E-state index contributed by atoms with van der Waals surface area (Å²) in [4.78, 5) is 27.0. The van der Waals surface area contributed by atoms with Gasteiger partial charge in [0, 0.05) is 30.4 Å². The molecule has 2 amide bonds. The molecule has 11 heteroatoms. The molecule has 1 saturated heterocycles. The van der Waals surface area contributed by atoms with E-state index in [-0.39, 0.29) is 41.1 Å². The molecule has 1 aliphatic rings. The second-order valence-corrected chi connectivity index (χ2v) is 9.56. The van der Waals surface area contributed by atoms with Gasteiger partial charge in [0.2, 0.25) is 5.91 Å². The smallest absolute Gasteiger partial charge is 0.361 e. The van der Waals surface area contributed by atoms with Crippen molar-refractivity contribution in [3.8, 4) is 11.3 Å². The highest BCUT2D eigenvalue weighted by atomic mass is 19.4. The molecule has 0 radical (unpaired) electrons. The lowest BCUT2D eigenvalue weighted by Gasteiger charge is -2.32. The fraction of sp³-hybridized carbons (Fsp3) is 0.286. The molecule has 4 aromatic rings. The number of anilines is 1. The van der Waals surface area contributed by atoms with Crippen molar-refractivity contribution in [3.63, 3.8) is 0 Å². The first kappa shape index (κ1) is 26.2. The molecule has 1 aliphatic heterocycles. The van der Waals surface area contributed by atoms with Crippen LogP contribution in [0.2, 0.25) is 0 Å². The normalized spacial score (nSPS) is 14.4. The number of alkyl halides is 3. The minimum Gasteiger partial charge on any atom is -0.361 e. The molecular formula is C28H26F3N5O3. The molecule has 0 saturated carbocycles. The zero-order chi connectivity index (χ0) is 27.6. The molecule has 3 heterocycles. The Morgan fingerprint density at radius 1 is 1.08 bits per heavy atom. The van der Waals surface area contributed by atoms with Gasteiger partial charge in [-0.3, -0.25) is 14.7 Å². The van der Waals surface area contributed by atoms with Crippen LogP contribution < -0.4 is 5.32 Å². The van der Waals surface area contributed by atoms with Crippen molar-refractivity contribution >= 4 is 17.5 Å². The molecule has 2 N–H and O–H groups in total. The van der Waals surface area contributed by atoms with Crippen LogP contribution in [0.25, 0.3) is 11.3 Å². The quantitative estimate of drug-likeness (QED) is 0.334. The third kappa shape index (κ3) is 6.02. The average molecular weight is 538 g/mol. The summed E-state index contributed by atoms with van der Waals surface area (Å²) < 4.78 is 45.2. The predicted molar refractivity (Wildman–Crippen MR) is 137 cm³/mol. The summed E-state index contributed by atoms with van der Waals surface area (Å²) >= 11 is 0. The summed E-state index contributed by atoms with van der Waals surface area (Å²) in [5.74, 6) is 0.249. The summed E-state index contributed by atoms with van der Waals surface area (Å²) in [6, 6.07) is 15.9. The van der Waals surface area contributed by atoms with Gasteiger partial charge in [-0.05, 0) is 55.5 Å². The van der Waals surface area contributed by atoms with E-state index in [9.17, 15) is 22.8 Å². The van der Waals surface area contributed by atoms with Gasteiger partial charge in [-0.15, -0.1) is 0 Å². The highest BCUT2D eigenvalue weighted by molar-refractivity contribution is 5.93. The maximum Gasteiger partial charge on any atom is 0.417 e. The van der Waals surface area contributed by atoms with Gasteiger partial charge in [0.05, 0.1) is 23.4 Å². The zero-order valence-electron chi connectivity index (χ0n) is 21.1. The monoisotopic (exact) mass is 537 g/mol. The number of piperidine rings is 1. The summed E-state index contributed by atoms with van der Waals surface area (Å²) in [7, 11) is 0. The number of H-pyrrole nitrogens is 1. The Morgan fingerprint density at radius 3 is 2.46 bits per heavy atom. The Morgan fingerprint density at radius 2 is 1.79 bits per heavy atom. The Balaban J connectivity index is 1.16. The average Bonchev–Trinajstić information content (AvgIpc) is 3.57. The number of carbonyl (C=O) groups is 2. The molecule has 0 spiro atoms. The maximum atomic E-state index is 13.4. The van der Waals surface area contributed by atoms with E-state index in [2.05, 4.69) is 20.7 Å². The minimum atomic E-state index is -4.53. The highest BCUT2D eigenvalue weighted by Crippen LogP contribution is 2.36. The fourth-order valence-corrected chi connectivity index (χ4v) is 4.81. The van der Waals surface area contributed by atoms with E-state index in [1.165, 1.54) is 24.3 Å². The topological polar surface area (TPSA) is 104 Å². The van der Waals surface area contributed by atoms with E-state index in [0.717, 1.165) is 30.2 Å². The van der Waals surface area contributed by atoms with Gasteiger partial charge < -0.3 is 14.7 Å². The summed E-state index contributed by atoms with van der Waals surface area (Å²) in [6.07, 6.45) is -2.95. The lowest BCUT2D eigenvalue weighted by atomic mass is 9.89. The van der Waals surface area contributed by atoms with Crippen LogP contribution in [0.4, 0.5) is 18.9 Å². The van der Waals surface area contributed by atoms with Crippen LogP contribution in [0, 0.1) is 6.92 Å². The first-order valence-electron chi connectivity index (χ1n) is 12.5. The third-order valence-corrected chi connectivity index (χ3v) is 6.78. The van der Waals surface area contributed by atoms with Crippen LogP contribution in [0.3, 0.4) is 0 Å². The summed E-state index contributed by atoms with van der Waals surface area (Å²) in [5.41, 5.74) is 1.85. The highest BCUT2D eigenvalue weighted by Gasteiger charge is 2.34. The molecular weight excluding hydrogens is 511 g/mol. The van der Waals surface area contributed by atoms with Crippen molar-refractivity contribution < 1.29 is 27.3 Å². The van der Waals surface area contributed by atoms with Crippen molar-refractivity contribution in [2.24, 2.45) is 0 Å². The third-order valence-electron chi connectivity index (χ3n) is 6.78. The number of halogens is 3. The van der Waals surface area contributed by atoms with E-state index < -0.39 is 11.7 Å². The standard InChI is InChI=1S/C28H26F3N5O3/c1-17-14-21(39-35-17)15-26(37)32-20-8-6-18(7-9-20)19-10-12-36(13-11-19)27(38)25-16-24(33-34-25)22-4-2-3-5-23(22)28(29,30)31/h2-9,14,16,19H,10-13,15H2,1H3,(H,32,37)(H,33,34). The van der Waals surface area contributed by atoms with Crippen molar-refractivity contribution in [3.05, 3.63) is 88.9 Å². The molecule has 202 valence electrons.